The third-order valence-corrected chi connectivity index (χ3v) is 14.4. The predicted molar refractivity (Wildman–Crippen MR) is 159 cm³/mol. The highest BCUT2D eigenvalue weighted by atomic mass is 16.7. The molecule has 246 valence electrons. The summed E-state index contributed by atoms with van der Waals surface area (Å²) in [6, 6.07) is 0. The van der Waals surface area contributed by atoms with Gasteiger partial charge in [0.05, 0.1) is 24.4 Å². The molecule has 7 aliphatic rings. The zero-order valence-electron chi connectivity index (χ0n) is 27.3. The monoisotopic (exact) mass is 616 g/mol. The zero-order chi connectivity index (χ0) is 32.0. The number of ketones is 2. The van der Waals surface area contributed by atoms with E-state index in [1.54, 1.807) is 0 Å². The van der Waals surface area contributed by atoms with Crippen LogP contribution < -0.4 is 0 Å². The quantitative estimate of drug-likeness (QED) is 0.261. The lowest BCUT2D eigenvalue weighted by Crippen LogP contribution is -2.59. The fourth-order valence-electron chi connectivity index (χ4n) is 11.9. The van der Waals surface area contributed by atoms with Crippen molar-refractivity contribution in [2.24, 2.45) is 44.8 Å². The van der Waals surface area contributed by atoms with Crippen molar-refractivity contribution >= 4 is 11.6 Å². The molecular weight excluding hydrogens is 564 g/mol. The van der Waals surface area contributed by atoms with Crippen LogP contribution in [0.25, 0.3) is 0 Å². The predicted octanol–water partition coefficient (Wildman–Crippen LogP) is 3.09. The largest absolute Gasteiger partial charge is 0.392 e. The first-order valence-corrected chi connectivity index (χ1v) is 16.8. The summed E-state index contributed by atoms with van der Waals surface area (Å²) in [7, 11) is 0. The summed E-state index contributed by atoms with van der Waals surface area (Å²) in [6.07, 6.45) is 0.934. The zero-order valence-corrected chi connectivity index (χ0v) is 27.3. The van der Waals surface area contributed by atoms with Gasteiger partial charge in [0.15, 0.2) is 12.1 Å². The van der Waals surface area contributed by atoms with Gasteiger partial charge in [-0.15, -0.1) is 0 Å². The van der Waals surface area contributed by atoms with E-state index < -0.39 is 47.8 Å². The van der Waals surface area contributed by atoms with E-state index >= 15 is 0 Å². The molecule has 0 unspecified atom stereocenters. The van der Waals surface area contributed by atoms with Gasteiger partial charge >= 0.3 is 0 Å². The lowest BCUT2D eigenvalue weighted by molar-refractivity contribution is -0.301. The molecule has 4 saturated carbocycles. The number of allylic oxidation sites excluding steroid dienone is 1. The van der Waals surface area contributed by atoms with Crippen molar-refractivity contribution in [3.63, 3.8) is 0 Å². The van der Waals surface area contributed by atoms with Crippen LogP contribution in [0.4, 0.5) is 0 Å². The van der Waals surface area contributed by atoms with Gasteiger partial charge in [0.25, 0.3) is 0 Å². The summed E-state index contributed by atoms with van der Waals surface area (Å²) in [4.78, 5) is 27.0. The van der Waals surface area contributed by atoms with Gasteiger partial charge in [-0.3, -0.25) is 9.59 Å². The first kappa shape index (κ1) is 31.4. The number of fused-ring (bicyclic) bond motifs is 2. The molecular formula is C35H52O9. The SMILES string of the molecule is C[C@@H](CC(=O)[C@H]1OC1(C)C)[C@@H]1C(=O)C[C@]2(C)C3=CC[C@@H]4C(C)(C)[C@H](O[C@H]5OC[C@@H](O)[C@@H](O)[C@@H]5O)CC[C@]45C[C@]35[C@H](O)C[C@@]12C. The highest BCUT2D eigenvalue weighted by Gasteiger charge is 2.84. The average molecular weight is 617 g/mol. The standard InChI is InChI=1S/C35H52O9/c1-17(12-18(36)28-31(4,5)44-28)25-19(37)13-32(6)22-9-8-21-30(2,3)24(43-29-27(41)26(40)20(38)15-42-29)10-11-34(21)16-35(22,34)23(39)14-33(25,32)7/h9,17,20-21,23-29,38-41H,8,10-16H2,1-7H3/t17-,20+,21+,23+,24+,25+,26+,27-,28+,29+,32+,33-,34-,35+/m0/s1. The van der Waals surface area contributed by atoms with Gasteiger partial charge in [-0.25, -0.2) is 0 Å². The second kappa shape index (κ2) is 9.45. The fourth-order valence-corrected chi connectivity index (χ4v) is 11.9. The highest BCUT2D eigenvalue weighted by molar-refractivity contribution is 5.90. The van der Waals surface area contributed by atoms with Crippen molar-refractivity contribution in [2.75, 3.05) is 6.61 Å². The van der Waals surface area contributed by atoms with Gasteiger partial charge in [0.1, 0.15) is 30.2 Å². The summed E-state index contributed by atoms with van der Waals surface area (Å²) < 4.78 is 17.6. The second-order valence-corrected chi connectivity index (χ2v) is 17.3. The van der Waals surface area contributed by atoms with Crippen LogP contribution in [0, 0.1) is 44.8 Å². The number of carbonyl (C=O) groups excluding carboxylic acids is 2. The Morgan fingerprint density at radius 1 is 1.09 bits per heavy atom. The molecule has 9 nitrogen and oxygen atoms in total. The molecule has 6 fully saturated rings. The smallest absolute Gasteiger partial charge is 0.186 e. The van der Waals surface area contributed by atoms with Gasteiger partial charge in [-0.1, -0.05) is 46.3 Å². The molecule has 0 aromatic heterocycles. The lowest BCUT2D eigenvalue weighted by atomic mass is 9.44. The van der Waals surface area contributed by atoms with Crippen molar-refractivity contribution in [3.05, 3.63) is 11.6 Å². The van der Waals surface area contributed by atoms with Crippen molar-refractivity contribution in [1.29, 1.82) is 0 Å². The summed E-state index contributed by atoms with van der Waals surface area (Å²) in [6.45, 7) is 14.6. The third kappa shape index (κ3) is 3.84. The third-order valence-electron chi connectivity index (χ3n) is 14.4. The van der Waals surface area contributed by atoms with E-state index in [1.165, 1.54) is 5.57 Å². The molecule has 9 heteroatoms. The Morgan fingerprint density at radius 2 is 1.77 bits per heavy atom. The molecule has 44 heavy (non-hydrogen) atoms. The Bertz CT molecular complexity index is 1290. The fraction of sp³-hybridized carbons (Fsp3) is 0.886. The van der Waals surface area contributed by atoms with Crippen LogP contribution >= 0.6 is 0 Å². The molecule has 4 N–H and O–H groups in total. The van der Waals surface area contributed by atoms with E-state index in [-0.39, 0.29) is 63.7 Å². The van der Waals surface area contributed by atoms with E-state index in [0.29, 0.717) is 19.3 Å². The first-order valence-electron chi connectivity index (χ1n) is 16.8. The van der Waals surface area contributed by atoms with Gasteiger partial charge in [-0.05, 0) is 74.0 Å². The van der Waals surface area contributed by atoms with Crippen LogP contribution in [0.3, 0.4) is 0 Å². The molecule has 14 atom stereocenters. The van der Waals surface area contributed by atoms with Crippen molar-refractivity contribution in [3.8, 4) is 0 Å². The lowest BCUT2D eigenvalue weighted by Gasteiger charge is -2.61. The molecule has 0 radical (unpaired) electrons. The topological polar surface area (TPSA) is 146 Å². The van der Waals surface area contributed by atoms with Crippen molar-refractivity contribution in [2.45, 2.75) is 142 Å². The van der Waals surface area contributed by atoms with E-state index in [4.69, 9.17) is 14.2 Å². The Balaban J connectivity index is 1.15. The van der Waals surface area contributed by atoms with Crippen molar-refractivity contribution < 1.29 is 44.2 Å². The van der Waals surface area contributed by atoms with Gasteiger partial charge in [0, 0.05) is 29.6 Å². The van der Waals surface area contributed by atoms with E-state index in [9.17, 15) is 30.0 Å². The average Bonchev–Trinajstić information content (AvgIpc) is 3.78. The molecule has 0 amide bonds. The normalized spacial score (nSPS) is 53.8. The maximum atomic E-state index is 13.9. The van der Waals surface area contributed by atoms with E-state index in [2.05, 4.69) is 33.8 Å². The summed E-state index contributed by atoms with van der Waals surface area (Å²) >= 11 is 0. The van der Waals surface area contributed by atoms with Gasteiger partial charge < -0.3 is 34.6 Å². The Morgan fingerprint density at radius 3 is 2.43 bits per heavy atom. The minimum Gasteiger partial charge on any atom is -0.392 e. The Hall–Kier alpha value is -1.20. The van der Waals surface area contributed by atoms with E-state index in [1.807, 2.05) is 20.8 Å². The number of aliphatic hydroxyl groups is 4. The summed E-state index contributed by atoms with van der Waals surface area (Å²) in [5.41, 5.74) is -0.761. The molecule has 5 aliphatic carbocycles. The minimum absolute atomic E-state index is 0.0687. The number of epoxide rings is 1. The number of carbonyl (C=O) groups is 2. The van der Waals surface area contributed by atoms with Gasteiger partial charge in [-0.2, -0.15) is 0 Å². The number of hydrogen-bond donors (Lipinski definition) is 4. The first-order chi connectivity index (χ1) is 20.4. The van der Waals surface area contributed by atoms with Crippen LogP contribution in [-0.4, -0.2) is 87.1 Å². The Labute approximate surface area is 260 Å². The number of aliphatic hydroxyl groups excluding tert-OH is 4. The van der Waals surface area contributed by atoms with Crippen LogP contribution in [0.1, 0.15) is 93.4 Å². The summed E-state index contributed by atoms with van der Waals surface area (Å²) in [5.74, 6) is 0.0812. The molecule has 0 aromatic carbocycles. The van der Waals surface area contributed by atoms with Gasteiger partial charge in [0.2, 0.25) is 0 Å². The number of hydrogen-bond acceptors (Lipinski definition) is 9. The highest BCUT2D eigenvalue weighted by Crippen LogP contribution is 2.87. The Kier molecular flexibility index (Phi) is 6.75. The van der Waals surface area contributed by atoms with Crippen molar-refractivity contribution in [1.82, 2.24) is 0 Å². The maximum absolute atomic E-state index is 13.9. The molecule has 0 aromatic rings. The van der Waals surface area contributed by atoms with Crippen LogP contribution in [0.5, 0.6) is 0 Å². The minimum atomic E-state index is -1.33. The molecule has 2 aliphatic heterocycles. The van der Waals surface area contributed by atoms with E-state index in [0.717, 1.165) is 25.7 Å². The van der Waals surface area contributed by atoms with Crippen LogP contribution in [-0.2, 0) is 23.8 Å². The molecule has 0 bridgehead atoms. The van der Waals surface area contributed by atoms with Crippen LogP contribution in [0.15, 0.2) is 11.6 Å². The molecule has 2 spiro atoms. The number of ether oxygens (including phenoxy) is 3. The molecule has 2 heterocycles. The molecule has 2 saturated heterocycles. The number of Topliss-reactive ketones (excluding diaryl/α,β-unsaturated/α-hetero) is 2. The van der Waals surface area contributed by atoms with Crippen LogP contribution in [0.2, 0.25) is 0 Å². The second-order valence-electron chi connectivity index (χ2n) is 17.3. The maximum Gasteiger partial charge on any atom is 0.186 e. The number of rotatable bonds is 6. The summed E-state index contributed by atoms with van der Waals surface area (Å²) in [5, 5.41) is 42.9. The molecule has 7 rings (SSSR count).